The Kier molecular flexibility index (Phi) is 5.52. The fourth-order valence-corrected chi connectivity index (χ4v) is 5.84. The van der Waals surface area contributed by atoms with Gasteiger partial charge >= 0.3 is 0 Å². The molecule has 0 radical (unpaired) electrons. The zero-order valence-corrected chi connectivity index (χ0v) is 20.9. The van der Waals surface area contributed by atoms with Crippen LogP contribution in [-0.2, 0) is 5.41 Å². The summed E-state index contributed by atoms with van der Waals surface area (Å²) in [6.07, 6.45) is 3.60. The Balaban J connectivity index is 1.63. The molecule has 4 nitrogen and oxygen atoms in total. The molecule has 2 aromatic heterocycles. The van der Waals surface area contributed by atoms with Gasteiger partial charge in [-0.25, -0.2) is 0 Å². The molecule has 0 unspecified atom stereocenters. The predicted octanol–water partition coefficient (Wildman–Crippen LogP) is 7.97. The first-order chi connectivity index (χ1) is 16.8. The maximum atomic E-state index is 9.14. The van der Waals surface area contributed by atoms with Gasteiger partial charge in [0.1, 0.15) is 17.7 Å². The molecule has 1 aliphatic rings. The highest BCUT2D eigenvalue weighted by molar-refractivity contribution is 7.16. The van der Waals surface area contributed by atoms with Crippen LogP contribution in [0.3, 0.4) is 0 Å². The van der Waals surface area contributed by atoms with Gasteiger partial charge in [0, 0.05) is 21.7 Å². The van der Waals surface area contributed by atoms with Crippen LogP contribution < -0.4 is 4.90 Å². The smallest absolute Gasteiger partial charge is 0.131 e. The van der Waals surface area contributed by atoms with E-state index >= 15 is 0 Å². The highest BCUT2D eigenvalue weighted by atomic mass is 32.1. The molecular formula is C30H24N4S. The lowest BCUT2D eigenvalue weighted by atomic mass is 9.83. The fourth-order valence-electron chi connectivity index (χ4n) is 4.57. The van der Waals surface area contributed by atoms with Crippen LogP contribution in [0.4, 0.5) is 17.1 Å². The topological polar surface area (TPSA) is 63.7 Å². The molecule has 2 aromatic carbocycles. The number of pyridine rings is 1. The largest absolute Gasteiger partial charge is 0.309 e. The molecule has 0 aliphatic heterocycles. The van der Waals surface area contributed by atoms with Crippen molar-refractivity contribution >= 4 is 34.5 Å². The van der Waals surface area contributed by atoms with E-state index in [0.29, 0.717) is 0 Å². The third kappa shape index (κ3) is 3.91. The van der Waals surface area contributed by atoms with Gasteiger partial charge < -0.3 is 4.90 Å². The monoisotopic (exact) mass is 472 g/mol. The molecular weight excluding hydrogens is 448 g/mol. The second kappa shape index (κ2) is 8.55. The van der Waals surface area contributed by atoms with E-state index in [1.54, 1.807) is 17.4 Å². The number of fused-ring (bicyclic) bond motifs is 3. The number of allylic oxidation sites excluding steroid dienone is 1. The van der Waals surface area contributed by atoms with Gasteiger partial charge in [-0.2, -0.15) is 10.5 Å². The van der Waals surface area contributed by atoms with Gasteiger partial charge in [-0.05, 0) is 67.4 Å². The summed E-state index contributed by atoms with van der Waals surface area (Å²) in [5.74, 6) is 0. The van der Waals surface area contributed by atoms with Crippen molar-refractivity contribution in [2.24, 2.45) is 0 Å². The van der Waals surface area contributed by atoms with Crippen molar-refractivity contribution in [3.63, 3.8) is 0 Å². The predicted molar refractivity (Wildman–Crippen MR) is 143 cm³/mol. The maximum absolute atomic E-state index is 9.14. The number of aryl methyl sites for hydroxylation is 2. The van der Waals surface area contributed by atoms with E-state index in [2.05, 4.69) is 93.3 Å². The van der Waals surface area contributed by atoms with E-state index in [-0.39, 0.29) is 11.0 Å². The molecule has 35 heavy (non-hydrogen) atoms. The van der Waals surface area contributed by atoms with Gasteiger partial charge in [0.2, 0.25) is 0 Å². The summed E-state index contributed by atoms with van der Waals surface area (Å²) in [6, 6.07) is 25.3. The summed E-state index contributed by atoms with van der Waals surface area (Å²) >= 11 is 1.58. The molecule has 2 heterocycles. The van der Waals surface area contributed by atoms with Crippen LogP contribution in [0.2, 0.25) is 0 Å². The molecule has 170 valence electrons. The molecule has 0 amide bonds. The molecule has 1 aliphatic carbocycles. The van der Waals surface area contributed by atoms with E-state index in [1.165, 1.54) is 22.3 Å². The van der Waals surface area contributed by atoms with E-state index in [4.69, 9.17) is 15.5 Å². The van der Waals surface area contributed by atoms with Gasteiger partial charge in [-0.15, -0.1) is 11.3 Å². The molecule has 4 aromatic rings. The fraction of sp³-hybridized carbons (Fsp3) is 0.167. The lowest BCUT2D eigenvalue weighted by Gasteiger charge is -2.27. The number of nitriles is 2. The first kappa shape index (κ1) is 22.6. The van der Waals surface area contributed by atoms with E-state index in [1.807, 2.05) is 18.3 Å². The third-order valence-electron chi connectivity index (χ3n) is 6.56. The minimum atomic E-state index is -0.248. The lowest BCUT2D eigenvalue weighted by molar-refractivity contribution is 0.660. The summed E-state index contributed by atoms with van der Waals surface area (Å²) in [6.45, 7) is 8.61. The Hall–Kier alpha value is -4.19. The van der Waals surface area contributed by atoms with Crippen molar-refractivity contribution in [1.29, 1.82) is 10.5 Å². The second-order valence-corrected chi connectivity index (χ2v) is 10.5. The number of hydrogen-bond acceptors (Lipinski definition) is 5. The minimum absolute atomic E-state index is 0.109. The Labute approximate surface area is 210 Å². The zero-order chi connectivity index (χ0) is 24.7. The summed E-state index contributed by atoms with van der Waals surface area (Å²) in [4.78, 5) is 9.21. The van der Waals surface area contributed by atoms with Crippen molar-refractivity contribution in [3.8, 4) is 22.7 Å². The van der Waals surface area contributed by atoms with Crippen molar-refractivity contribution < 1.29 is 0 Å². The molecule has 0 spiro atoms. The van der Waals surface area contributed by atoms with Crippen LogP contribution in [-0.4, -0.2) is 4.98 Å². The van der Waals surface area contributed by atoms with Crippen LogP contribution in [0.5, 0.6) is 0 Å². The number of hydrogen-bond donors (Lipinski definition) is 0. The van der Waals surface area contributed by atoms with Crippen molar-refractivity contribution in [1.82, 2.24) is 4.98 Å². The van der Waals surface area contributed by atoms with Gasteiger partial charge in [-0.1, -0.05) is 49.2 Å². The number of thiophene rings is 1. The maximum Gasteiger partial charge on any atom is 0.131 e. The van der Waals surface area contributed by atoms with E-state index < -0.39 is 0 Å². The summed E-state index contributed by atoms with van der Waals surface area (Å²) < 4.78 is 0. The molecule has 0 saturated heterocycles. The van der Waals surface area contributed by atoms with Gasteiger partial charge in [-0.3, -0.25) is 4.98 Å². The van der Waals surface area contributed by atoms with Crippen LogP contribution in [0.1, 0.15) is 41.0 Å². The average Bonchev–Trinajstić information content (AvgIpc) is 3.37. The Morgan fingerprint density at radius 2 is 1.43 bits per heavy atom. The minimum Gasteiger partial charge on any atom is -0.309 e. The standard InChI is InChI=1S/C30H24N4S/c1-19-5-9-22(10-6-19)34(23-11-7-20(2)8-12-23)24-14-26-28(33-18-24)29-27(30(26,3)4)15-25(35-29)13-21(16-31)17-32/h5-15,18H,1-4H3. The van der Waals surface area contributed by atoms with Crippen molar-refractivity contribution in [3.05, 3.63) is 99.6 Å². The number of benzene rings is 2. The summed E-state index contributed by atoms with van der Waals surface area (Å²) in [7, 11) is 0. The molecule has 0 saturated carbocycles. The quantitative estimate of drug-likeness (QED) is 0.283. The molecule has 0 fully saturated rings. The first-order valence-electron chi connectivity index (χ1n) is 11.4. The molecule has 5 heteroatoms. The molecule has 5 rings (SSSR count). The van der Waals surface area contributed by atoms with Crippen LogP contribution >= 0.6 is 11.3 Å². The lowest BCUT2D eigenvalue weighted by Crippen LogP contribution is -2.17. The van der Waals surface area contributed by atoms with E-state index in [9.17, 15) is 0 Å². The number of aromatic nitrogens is 1. The van der Waals surface area contributed by atoms with Crippen molar-refractivity contribution in [2.45, 2.75) is 33.1 Å². The molecule has 0 bridgehead atoms. The third-order valence-corrected chi connectivity index (χ3v) is 7.64. The van der Waals surface area contributed by atoms with Gasteiger partial charge in [0.05, 0.1) is 22.5 Å². The summed E-state index contributed by atoms with van der Waals surface area (Å²) in [5.41, 5.74) is 8.81. The highest BCUT2D eigenvalue weighted by Gasteiger charge is 2.39. The normalized spacial score (nSPS) is 12.7. The van der Waals surface area contributed by atoms with Crippen molar-refractivity contribution in [2.75, 3.05) is 4.90 Å². The number of nitrogens with zero attached hydrogens (tertiary/aromatic N) is 4. The van der Waals surface area contributed by atoms with Gasteiger partial charge in [0.25, 0.3) is 0 Å². The first-order valence-corrected chi connectivity index (χ1v) is 12.2. The highest BCUT2D eigenvalue weighted by Crippen LogP contribution is 2.53. The van der Waals surface area contributed by atoms with Crippen LogP contribution in [0.25, 0.3) is 16.6 Å². The molecule has 0 atom stereocenters. The second-order valence-electron chi connectivity index (χ2n) is 9.39. The summed E-state index contributed by atoms with van der Waals surface area (Å²) in [5, 5.41) is 18.3. The Morgan fingerprint density at radius 3 is 1.97 bits per heavy atom. The van der Waals surface area contributed by atoms with Crippen LogP contribution in [0, 0.1) is 36.5 Å². The Morgan fingerprint density at radius 1 is 0.857 bits per heavy atom. The van der Waals surface area contributed by atoms with Crippen LogP contribution in [0.15, 0.2) is 72.4 Å². The zero-order valence-electron chi connectivity index (χ0n) is 20.1. The number of rotatable bonds is 4. The van der Waals surface area contributed by atoms with E-state index in [0.717, 1.165) is 32.5 Å². The average molecular weight is 473 g/mol. The molecule has 0 N–H and O–H groups in total. The number of anilines is 3. The SMILES string of the molecule is Cc1ccc(N(c2ccc(C)cc2)c2cnc3c(c2)C(C)(C)c2cc(C=C(C#N)C#N)sc2-3)cc1. The van der Waals surface area contributed by atoms with Gasteiger partial charge in [0.15, 0.2) is 0 Å². The Bertz CT molecular complexity index is 1480.